The van der Waals surface area contributed by atoms with Crippen molar-refractivity contribution < 1.29 is 14.2 Å². The maximum atomic E-state index is 5.86. The summed E-state index contributed by atoms with van der Waals surface area (Å²) in [5, 5.41) is 0. The lowest BCUT2D eigenvalue weighted by Gasteiger charge is -2.07. The Morgan fingerprint density at radius 2 is 0.920 bits per heavy atom. The second-order valence-electron chi connectivity index (χ2n) is 6.47. The lowest BCUT2D eigenvalue weighted by atomic mass is 10.1. The minimum Gasteiger partial charge on any atom is -0.382 e. The molecule has 0 heterocycles. The van der Waals surface area contributed by atoms with Gasteiger partial charge in [0.25, 0.3) is 0 Å². The molecule has 0 saturated carbocycles. The summed E-state index contributed by atoms with van der Waals surface area (Å²) in [5.41, 5.74) is 0. The molecule has 0 fully saturated rings. The maximum absolute atomic E-state index is 5.86. The van der Waals surface area contributed by atoms with Crippen LogP contribution in [0.25, 0.3) is 0 Å². The van der Waals surface area contributed by atoms with Gasteiger partial charge in [-0.2, -0.15) is 0 Å². The fourth-order valence-corrected chi connectivity index (χ4v) is 4.38. The van der Waals surface area contributed by atoms with Crippen LogP contribution in [0, 0.1) is 0 Å². The molecule has 0 aliphatic rings. The number of hydrogen-bond acceptors (Lipinski definition) is 3. The van der Waals surface area contributed by atoms with Crippen molar-refractivity contribution in [2.75, 3.05) is 40.1 Å². The van der Waals surface area contributed by atoms with Gasteiger partial charge in [0.15, 0.2) is 0 Å². The maximum Gasteiger partial charge on any atom is 0.341 e. The van der Waals surface area contributed by atoms with Gasteiger partial charge in [-0.1, -0.05) is 51.4 Å². The molecule has 0 atom stereocenters. The molecule has 0 unspecified atom stereocenters. The van der Waals surface area contributed by atoms with E-state index >= 15 is 0 Å². The largest absolute Gasteiger partial charge is 0.382 e. The van der Waals surface area contributed by atoms with Crippen LogP contribution in [0.4, 0.5) is 0 Å². The zero-order valence-corrected chi connectivity index (χ0v) is 19.1. The van der Waals surface area contributed by atoms with Crippen molar-refractivity contribution in [2.45, 2.75) is 76.7 Å². The van der Waals surface area contributed by atoms with Crippen LogP contribution in [-0.2, 0) is 14.2 Å². The van der Waals surface area contributed by atoms with Crippen LogP contribution in [0.15, 0.2) is 0 Å². The van der Waals surface area contributed by atoms with E-state index in [-0.39, 0.29) is 0 Å². The average Bonchev–Trinajstić information content (AvgIpc) is 2.56. The molecule has 7 heteroatoms. The predicted molar refractivity (Wildman–Crippen MR) is 112 cm³/mol. The molecular formula is C18H37Cl3O3Si. The molecule has 0 radical (unpaired) electrons. The molecule has 0 saturated heterocycles. The Morgan fingerprint density at radius 3 is 1.40 bits per heavy atom. The molecule has 25 heavy (non-hydrogen) atoms. The van der Waals surface area contributed by atoms with Crippen molar-refractivity contribution in [3.8, 4) is 0 Å². The van der Waals surface area contributed by atoms with E-state index in [0.29, 0.717) is 13.2 Å². The Balaban J connectivity index is 3.01. The number of methoxy groups -OCH3 is 1. The molecule has 0 aliphatic heterocycles. The zero-order chi connectivity index (χ0) is 18.6. The normalized spacial score (nSPS) is 12.0. The third-order valence-corrected chi connectivity index (χ3v) is 6.63. The SMILES string of the molecule is COCCOCCCCOCCCCCCCCCCC[Si](Cl)(Cl)Cl. The molecule has 0 amide bonds. The fraction of sp³-hybridized carbons (Fsp3) is 1.00. The minimum absolute atomic E-state index is 0.675. The van der Waals surface area contributed by atoms with Gasteiger partial charge in [0.2, 0.25) is 0 Å². The average molecular weight is 436 g/mol. The van der Waals surface area contributed by atoms with Gasteiger partial charge in [-0.05, 0) is 25.3 Å². The molecule has 0 aromatic heterocycles. The Labute approximate surface area is 170 Å². The van der Waals surface area contributed by atoms with E-state index in [4.69, 9.17) is 47.4 Å². The Kier molecular flexibility index (Phi) is 20.5. The number of unbranched alkanes of at least 4 members (excludes halogenated alkanes) is 9. The van der Waals surface area contributed by atoms with Gasteiger partial charge < -0.3 is 14.2 Å². The van der Waals surface area contributed by atoms with Crippen molar-refractivity contribution in [3.05, 3.63) is 0 Å². The third-order valence-electron chi connectivity index (χ3n) is 4.01. The highest BCUT2D eigenvalue weighted by Gasteiger charge is 2.23. The van der Waals surface area contributed by atoms with Gasteiger partial charge in [0.1, 0.15) is 0 Å². The highest BCUT2D eigenvalue weighted by atomic mass is 35.8. The molecule has 0 aromatic rings. The van der Waals surface area contributed by atoms with Gasteiger partial charge in [-0.3, -0.25) is 0 Å². The molecule has 0 N–H and O–H groups in total. The van der Waals surface area contributed by atoms with Crippen LogP contribution in [0.1, 0.15) is 70.6 Å². The highest BCUT2D eigenvalue weighted by molar-refractivity contribution is 7.64. The summed E-state index contributed by atoms with van der Waals surface area (Å²) in [6, 6.07) is -1.57. The second kappa shape index (κ2) is 19.7. The first kappa shape index (κ1) is 26.0. The molecule has 0 aliphatic carbocycles. The second-order valence-corrected chi connectivity index (χ2v) is 15.8. The number of halogens is 3. The number of ether oxygens (including phenoxy) is 3. The number of rotatable bonds is 20. The summed E-state index contributed by atoms with van der Waals surface area (Å²) in [6.07, 6.45) is 13.4. The van der Waals surface area contributed by atoms with Crippen LogP contribution in [0.2, 0.25) is 6.04 Å². The van der Waals surface area contributed by atoms with E-state index < -0.39 is 6.00 Å². The van der Waals surface area contributed by atoms with Crippen LogP contribution in [0.3, 0.4) is 0 Å². The van der Waals surface area contributed by atoms with Crippen LogP contribution in [-0.4, -0.2) is 46.1 Å². The van der Waals surface area contributed by atoms with E-state index in [1.54, 1.807) is 7.11 Å². The summed E-state index contributed by atoms with van der Waals surface area (Å²) in [5.74, 6) is 0. The van der Waals surface area contributed by atoms with E-state index in [0.717, 1.165) is 45.1 Å². The van der Waals surface area contributed by atoms with Crippen molar-refractivity contribution in [2.24, 2.45) is 0 Å². The first-order valence-corrected chi connectivity index (χ1v) is 15.0. The predicted octanol–water partition coefficient (Wildman–Crippen LogP) is 6.61. The van der Waals surface area contributed by atoms with E-state index in [1.165, 1.54) is 51.4 Å². The monoisotopic (exact) mass is 434 g/mol. The highest BCUT2D eigenvalue weighted by Crippen LogP contribution is 2.27. The topological polar surface area (TPSA) is 27.7 Å². The van der Waals surface area contributed by atoms with Gasteiger partial charge in [0, 0.05) is 26.9 Å². The van der Waals surface area contributed by atoms with Gasteiger partial charge in [0.05, 0.1) is 13.2 Å². The Hall–Kier alpha value is 0.967. The van der Waals surface area contributed by atoms with Crippen molar-refractivity contribution in [1.82, 2.24) is 0 Å². The lowest BCUT2D eigenvalue weighted by molar-refractivity contribution is 0.0625. The van der Waals surface area contributed by atoms with Crippen molar-refractivity contribution >= 4 is 39.2 Å². The summed E-state index contributed by atoms with van der Waals surface area (Å²) in [6.45, 7) is 3.91. The standard InChI is InChI=1S/C18H37Cl3O3Si/c1-22-16-17-24-15-11-10-14-23-13-9-7-5-3-2-4-6-8-12-18-25(19,20)21/h2-18H2,1H3. The smallest absolute Gasteiger partial charge is 0.341 e. The Bertz CT molecular complexity index is 266. The van der Waals surface area contributed by atoms with Gasteiger partial charge in [-0.15, -0.1) is 33.2 Å². The number of hydrogen-bond donors (Lipinski definition) is 0. The molecule has 0 aromatic carbocycles. The van der Waals surface area contributed by atoms with Crippen LogP contribution in [0.5, 0.6) is 0 Å². The molecule has 3 nitrogen and oxygen atoms in total. The quantitative estimate of drug-likeness (QED) is 0.122. The van der Waals surface area contributed by atoms with E-state index in [2.05, 4.69) is 0 Å². The van der Waals surface area contributed by atoms with Crippen LogP contribution < -0.4 is 0 Å². The summed E-state index contributed by atoms with van der Waals surface area (Å²) < 4.78 is 16.0. The van der Waals surface area contributed by atoms with Crippen molar-refractivity contribution in [1.29, 1.82) is 0 Å². The fourth-order valence-electron chi connectivity index (χ4n) is 2.52. The summed E-state index contributed by atoms with van der Waals surface area (Å²) in [4.78, 5) is 0. The van der Waals surface area contributed by atoms with E-state index in [1.807, 2.05) is 0 Å². The van der Waals surface area contributed by atoms with E-state index in [9.17, 15) is 0 Å². The summed E-state index contributed by atoms with van der Waals surface area (Å²) in [7, 11) is 1.69. The van der Waals surface area contributed by atoms with Gasteiger partial charge in [-0.25, -0.2) is 0 Å². The van der Waals surface area contributed by atoms with Crippen LogP contribution >= 0.6 is 33.2 Å². The molecular weight excluding hydrogens is 399 g/mol. The first-order chi connectivity index (χ1) is 12.1. The minimum atomic E-state index is -2.38. The van der Waals surface area contributed by atoms with Gasteiger partial charge >= 0.3 is 6.00 Å². The zero-order valence-electron chi connectivity index (χ0n) is 15.9. The first-order valence-electron chi connectivity index (χ1n) is 9.77. The third kappa shape index (κ3) is 25.0. The van der Waals surface area contributed by atoms with Crippen molar-refractivity contribution in [3.63, 3.8) is 0 Å². The molecule has 0 bridgehead atoms. The summed E-state index contributed by atoms with van der Waals surface area (Å²) >= 11 is 17.6. The molecule has 152 valence electrons. The molecule has 0 rings (SSSR count). The lowest BCUT2D eigenvalue weighted by Crippen LogP contribution is -2.07. The Morgan fingerprint density at radius 1 is 0.520 bits per heavy atom. The molecule has 0 spiro atoms.